The zero-order chi connectivity index (χ0) is 23.4. The third kappa shape index (κ3) is 5.23. The van der Waals surface area contributed by atoms with E-state index in [1.165, 1.54) is 23.2 Å². The lowest BCUT2D eigenvalue weighted by Gasteiger charge is -2.32. The van der Waals surface area contributed by atoms with Gasteiger partial charge in [0.25, 0.3) is 0 Å². The maximum absolute atomic E-state index is 13.5. The van der Waals surface area contributed by atoms with E-state index in [0.29, 0.717) is 37.8 Å². The zero-order valence-electron chi connectivity index (χ0n) is 20.1. The average Bonchev–Trinajstić information content (AvgIpc) is 2.97. The number of carbonyl (C=O) groups is 1. The van der Waals surface area contributed by atoms with Crippen LogP contribution in [0.4, 0.5) is 0 Å². The summed E-state index contributed by atoms with van der Waals surface area (Å²) >= 11 is 0. The van der Waals surface area contributed by atoms with Crippen LogP contribution < -0.4 is 0 Å². The van der Waals surface area contributed by atoms with Gasteiger partial charge in [-0.3, -0.25) is 4.79 Å². The second kappa shape index (κ2) is 10.7. The number of nitrogens with zero attached hydrogens (tertiary/aromatic N) is 2. The number of aromatic nitrogens is 1. The molecule has 184 valence electrons. The van der Waals surface area contributed by atoms with Gasteiger partial charge in [0.1, 0.15) is 6.54 Å². The molecule has 1 aliphatic heterocycles. The highest BCUT2D eigenvalue weighted by Crippen LogP contribution is 2.37. The van der Waals surface area contributed by atoms with Gasteiger partial charge in [-0.2, -0.15) is 4.31 Å². The number of hydrogen-bond donors (Lipinski definition) is 0. The summed E-state index contributed by atoms with van der Waals surface area (Å²) in [6, 6.07) is 0. The molecular formula is C25H38N2O5S. The molecule has 1 aromatic heterocycles. The Morgan fingerprint density at radius 2 is 1.91 bits per heavy atom. The number of fused-ring (bicyclic) bond motifs is 1. The average molecular weight is 479 g/mol. The molecule has 0 amide bonds. The van der Waals surface area contributed by atoms with Crippen LogP contribution in [0.3, 0.4) is 0 Å². The van der Waals surface area contributed by atoms with Crippen molar-refractivity contribution in [3.05, 3.63) is 33.5 Å². The van der Waals surface area contributed by atoms with E-state index < -0.39 is 10.0 Å². The van der Waals surface area contributed by atoms with Crippen LogP contribution in [0.2, 0.25) is 0 Å². The smallest absolute Gasteiger partial charge is 0.325 e. The summed E-state index contributed by atoms with van der Waals surface area (Å²) in [5.41, 5.74) is 4.96. The fourth-order valence-corrected chi connectivity index (χ4v) is 7.59. The van der Waals surface area contributed by atoms with Gasteiger partial charge in [0.2, 0.25) is 10.0 Å². The molecule has 2 aliphatic carbocycles. The molecule has 8 heteroatoms. The van der Waals surface area contributed by atoms with E-state index in [0.717, 1.165) is 57.1 Å². The number of sulfonamides is 1. The number of morpholine rings is 1. The van der Waals surface area contributed by atoms with Crippen molar-refractivity contribution in [2.45, 2.75) is 78.2 Å². The zero-order valence-corrected chi connectivity index (χ0v) is 20.9. The first kappa shape index (κ1) is 24.5. The molecule has 33 heavy (non-hydrogen) atoms. The van der Waals surface area contributed by atoms with Crippen molar-refractivity contribution in [2.75, 3.05) is 32.9 Å². The summed E-state index contributed by atoms with van der Waals surface area (Å²) in [6.45, 7) is 6.31. The van der Waals surface area contributed by atoms with Crippen molar-refractivity contribution in [1.82, 2.24) is 8.87 Å². The van der Waals surface area contributed by atoms with Gasteiger partial charge in [-0.25, -0.2) is 8.42 Å². The van der Waals surface area contributed by atoms with Gasteiger partial charge in [0.15, 0.2) is 0 Å². The predicted octanol–water partition coefficient (Wildman–Crippen LogP) is 3.52. The van der Waals surface area contributed by atoms with E-state index in [4.69, 9.17) is 9.47 Å². The second-order valence-corrected chi connectivity index (χ2v) is 11.3. The molecule has 0 bridgehead atoms. The van der Waals surface area contributed by atoms with Gasteiger partial charge in [-0.05, 0) is 82.3 Å². The minimum atomic E-state index is -3.48. The highest BCUT2D eigenvalue weighted by molar-refractivity contribution is 7.93. The van der Waals surface area contributed by atoms with E-state index >= 15 is 0 Å². The molecule has 0 N–H and O–H groups in total. The maximum atomic E-state index is 13.5. The fourth-order valence-electron chi connectivity index (χ4n) is 5.71. The van der Waals surface area contributed by atoms with Crippen LogP contribution in [0.5, 0.6) is 0 Å². The third-order valence-electron chi connectivity index (χ3n) is 7.38. The van der Waals surface area contributed by atoms with Crippen LogP contribution in [0.15, 0.2) is 11.0 Å². The molecule has 1 saturated heterocycles. The molecule has 0 spiro atoms. The van der Waals surface area contributed by atoms with Gasteiger partial charge in [0, 0.05) is 24.5 Å². The molecule has 1 atom stereocenters. The Labute approximate surface area is 198 Å². The Balaban J connectivity index is 1.66. The monoisotopic (exact) mass is 478 g/mol. The van der Waals surface area contributed by atoms with Crippen LogP contribution in [0, 0.1) is 12.8 Å². The van der Waals surface area contributed by atoms with Crippen LogP contribution in [-0.2, 0) is 50.1 Å². The summed E-state index contributed by atoms with van der Waals surface area (Å²) in [4.78, 5) is 12.9. The SMILES string of the molecule is CCOC(=O)Cn1c(C)c(CC2CCCC=C2S(=O)(=O)N2CCOCC2)c2c1CCCCC2. The first-order valence-electron chi connectivity index (χ1n) is 12.6. The molecule has 0 saturated carbocycles. The number of ether oxygens (including phenoxy) is 2. The van der Waals surface area contributed by atoms with Crippen molar-refractivity contribution < 1.29 is 22.7 Å². The molecule has 0 radical (unpaired) electrons. The molecule has 1 aromatic rings. The van der Waals surface area contributed by atoms with Crippen molar-refractivity contribution in [1.29, 1.82) is 0 Å². The fraction of sp³-hybridized carbons (Fsp3) is 0.720. The van der Waals surface area contributed by atoms with Crippen molar-refractivity contribution >= 4 is 16.0 Å². The number of rotatable bonds is 7. The van der Waals surface area contributed by atoms with Gasteiger partial charge in [-0.15, -0.1) is 0 Å². The summed E-state index contributed by atoms with van der Waals surface area (Å²) in [5, 5.41) is 0. The molecule has 4 rings (SSSR count). The number of esters is 1. The summed E-state index contributed by atoms with van der Waals surface area (Å²) < 4.78 is 41.4. The van der Waals surface area contributed by atoms with Gasteiger partial charge in [-0.1, -0.05) is 12.5 Å². The Morgan fingerprint density at radius 1 is 1.15 bits per heavy atom. The number of allylic oxidation sites excluding steroid dienone is 2. The van der Waals surface area contributed by atoms with Crippen molar-refractivity contribution in [3.8, 4) is 0 Å². The van der Waals surface area contributed by atoms with Crippen molar-refractivity contribution in [3.63, 3.8) is 0 Å². The Morgan fingerprint density at radius 3 is 2.67 bits per heavy atom. The molecule has 2 heterocycles. The summed E-state index contributed by atoms with van der Waals surface area (Å²) in [6.07, 6.45) is 10.8. The number of carbonyl (C=O) groups excluding carboxylic acids is 1. The first-order valence-corrected chi connectivity index (χ1v) is 14.0. The van der Waals surface area contributed by atoms with Crippen LogP contribution in [0.1, 0.15) is 68.0 Å². The molecule has 1 fully saturated rings. The second-order valence-electron chi connectivity index (χ2n) is 9.40. The molecule has 0 aromatic carbocycles. The van der Waals surface area contributed by atoms with Crippen molar-refractivity contribution in [2.24, 2.45) is 5.92 Å². The molecule has 7 nitrogen and oxygen atoms in total. The third-order valence-corrected chi connectivity index (χ3v) is 9.52. The van der Waals surface area contributed by atoms with Gasteiger partial charge >= 0.3 is 5.97 Å². The normalized spacial score (nSPS) is 22.4. The maximum Gasteiger partial charge on any atom is 0.325 e. The molecule has 1 unspecified atom stereocenters. The van der Waals surface area contributed by atoms with E-state index in [9.17, 15) is 13.2 Å². The highest BCUT2D eigenvalue weighted by atomic mass is 32.2. The van der Waals surface area contributed by atoms with Gasteiger partial charge in [0.05, 0.1) is 24.7 Å². The lowest BCUT2D eigenvalue weighted by molar-refractivity contribution is -0.143. The summed E-state index contributed by atoms with van der Waals surface area (Å²) in [5.74, 6) is -0.224. The van der Waals surface area contributed by atoms with E-state index in [1.807, 2.05) is 13.0 Å². The Bertz CT molecular complexity index is 989. The van der Waals surface area contributed by atoms with Crippen LogP contribution >= 0.6 is 0 Å². The topological polar surface area (TPSA) is 77.8 Å². The van der Waals surface area contributed by atoms with E-state index in [-0.39, 0.29) is 18.4 Å². The first-order chi connectivity index (χ1) is 15.9. The van der Waals surface area contributed by atoms with Crippen LogP contribution in [-0.4, -0.2) is 56.2 Å². The lowest BCUT2D eigenvalue weighted by Crippen LogP contribution is -2.42. The Hall–Kier alpha value is -1.64. The molecular weight excluding hydrogens is 440 g/mol. The highest BCUT2D eigenvalue weighted by Gasteiger charge is 2.35. The minimum Gasteiger partial charge on any atom is -0.465 e. The van der Waals surface area contributed by atoms with Crippen LogP contribution in [0.25, 0.3) is 0 Å². The largest absolute Gasteiger partial charge is 0.465 e. The summed E-state index contributed by atoms with van der Waals surface area (Å²) in [7, 11) is -3.48. The van der Waals surface area contributed by atoms with E-state index in [2.05, 4.69) is 11.5 Å². The standard InChI is InChI=1S/C25H38N2O5S/c1-3-32-25(28)18-27-19(2)22(21-10-5-4-6-11-23(21)27)17-20-9-7-8-12-24(20)33(29,30)26-13-15-31-16-14-26/h12,20H,3-11,13-18H2,1-2H3. The van der Waals surface area contributed by atoms with Gasteiger partial charge < -0.3 is 14.0 Å². The minimum absolute atomic E-state index is 0.0175. The van der Waals surface area contributed by atoms with E-state index in [1.54, 1.807) is 4.31 Å². The number of hydrogen-bond acceptors (Lipinski definition) is 5. The quantitative estimate of drug-likeness (QED) is 0.443. The molecule has 3 aliphatic rings. The lowest BCUT2D eigenvalue weighted by atomic mass is 9.87. The Kier molecular flexibility index (Phi) is 7.97. The predicted molar refractivity (Wildman–Crippen MR) is 128 cm³/mol.